The van der Waals surface area contributed by atoms with Crippen LogP contribution < -0.4 is 0 Å². The van der Waals surface area contributed by atoms with E-state index >= 15 is 0 Å². The third kappa shape index (κ3) is 1.47. The van der Waals surface area contributed by atoms with E-state index in [0.717, 1.165) is 0 Å². The van der Waals surface area contributed by atoms with Gasteiger partial charge >= 0.3 is 0 Å². The van der Waals surface area contributed by atoms with E-state index in [1.54, 1.807) is 18.2 Å². The number of aliphatic hydroxyl groups is 1. The lowest BCUT2D eigenvalue weighted by molar-refractivity contribution is 0.131. The van der Waals surface area contributed by atoms with E-state index in [-0.39, 0.29) is 11.5 Å². The predicted molar refractivity (Wildman–Crippen MR) is 54.0 cm³/mol. The molecule has 0 amide bonds. The van der Waals surface area contributed by atoms with Crippen molar-refractivity contribution in [2.75, 3.05) is 6.61 Å². The van der Waals surface area contributed by atoms with Crippen molar-refractivity contribution in [2.24, 2.45) is 0 Å². The zero-order chi connectivity index (χ0) is 11.1. The summed E-state index contributed by atoms with van der Waals surface area (Å²) in [7, 11) is -3.60. The normalized spacial score (nSPS) is 27.3. The highest BCUT2D eigenvalue weighted by molar-refractivity contribution is 7.93. The Labute approximate surface area is 88.4 Å². The summed E-state index contributed by atoms with van der Waals surface area (Å²) in [5, 5.41) is 9.44. The van der Waals surface area contributed by atoms with Crippen LogP contribution >= 0.6 is 0 Å². The predicted octanol–water partition coefficient (Wildman–Crippen LogP) is 0.568. The van der Waals surface area contributed by atoms with E-state index in [1.807, 2.05) is 0 Å². The van der Waals surface area contributed by atoms with E-state index in [1.165, 1.54) is 19.1 Å². The summed E-state index contributed by atoms with van der Waals surface area (Å²) >= 11 is 0. The molecule has 1 aliphatic heterocycles. The molecule has 4 nitrogen and oxygen atoms in total. The number of hydrogen-bond acceptors (Lipinski definition) is 4. The van der Waals surface area contributed by atoms with Crippen molar-refractivity contribution < 1.29 is 18.3 Å². The van der Waals surface area contributed by atoms with Gasteiger partial charge in [0.2, 0.25) is 14.8 Å². The number of aliphatic hydroxyl groups excluding tert-OH is 1. The monoisotopic (exact) mass is 228 g/mol. The van der Waals surface area contributed by atoms with Crippen LogP contribution in [-0.4, -0.2) is 31.2 Å². The molecule has 0 saturated carbocycles. The van der Waals surface area contributed by atoms with Gasteiger partial charge in [-0.25, -0.2) is 8.42 Å². The summed E-state index contributed by atoms with van der Waals surface area (Å²) in [6.07, 6.45) is -1.03. The molecule has 1 aromatic rings. The Balaban J connectivity index is 2.46. The second-order valence-corrected chi connectivity index (χ2v) is 5.76. The van der Waals surface area contributed by atoms with Crippen molar-refractivity contribution in [3.8, 4) is 0 Å². The molecular weight excluding hydrogens is 216 g/mol. The van der Waals surface area contributed by atoms with Gasteiger partial charge in [0.05, 0.1) is 17.6 Å². The van der Waals surface area contributed by atoms with Crippen LogP contribution in [0.25, 0.3) is 0 Å². The summed E-state index contributed by atoms with van der Waals surface area (Å²) in [4.78, 5) is -1.24. The first-order chi connectivity index (χ1) is 7.01. The minimum atomic E-state index is -3.60. The molecule has 2 rings (SSSR count). The molecule has 0 spiro atoms. The molecule has 82 valence electrons. The van der Waals surface area contributed by atoms with E-state index in [0.29, 0.717) is 0 Å². The van der Waals surface area contributed by atoms with Crippen molar-refractivity contribution >= 4 is 9.84 Å². The van der Waals surface area contributed by atoms with Crippen molar-refractivity contribution in [3.05, 3.63) is 30.3 Å². The Morgan fingerprint density at radius 1 is 1.40 bits per heavy atom. The molecular formula is C10H12O4S. The molecule has 0 aromatic heterocycles. The molecule has 0 radical (unpaired) electrons. The maximum atomic E-state index is 12.1. The van der Waals surface area contributed by atoms with Crippen LogP contribution in [0.1, 0.15) is 6.92 Å². The number of epoxide rings is 1. The lowest BCUT2D eigenvalue weighted by atomic mass is 10.3. The molecule has 1 aromatic carbocycles. The smallest absolute Gasteiger partial charge is 0.222 e. The average molecular weight is 228 g/mol. The summed E-state index contributed by atoms with van der Waals surface area (Å²) in [6, 6.07) is 8.03. The van der Waals surface area contributed by atoms with Crippen LogP contribution in [0.15, 0.2) is 35.2 Å². The van der Waals surface area contributed by atoms with Crippen LogP contribution in [0.5, 0.6) is 0 Å². The minimum Gasteiger partial charge on any atom is -0.389 e. The Hall–Kier alpha value is -0.910. The summed E-state index contributed by atoms with van der Waals surface area (Å²) in [5.74, 6) is 0. The molecule has 1 saturated heterocycles. The number of rotatable bonds is 3. The van der Waals surface area contributed by atoms with Crippen molar-refractivity contribution in [1.29, 1.82) is 0 Å². The highest BCUT2D eigenvalue weighted by Gasteiger charge is 2.61. The molecule has 1 heterocycles. The van der Waals surface area contributed by atoms with E-state index in [9.17, 15) is 13.5 Å². The van der Waals surface area contributed by atoms with Gasteiger partial charge in [0.15, 0.2) is 0 Å². The number of ether oxygens (including phenoxy) is 1. The van der Waals surface area contributed by atoms with Crippen LogP contribution in [0, 0.1) is 0 Å². The Morgan fingerprint density at radius 2 is 1.93 bits per heavy atom. The average Bonchev–Trinajstić information content (AvgIpc) is 3.00. The van der Waals surface area contributed by atoms with Gasteiger partial charge in [-0.1, -0.05) is 18.2 Å². The maximum absolute atomic E-state index is 12.1. The van der Waals surface area contributed by atoms with Gasteiger partial charge in [-0.2, -0.15) is 0 Å². The molecule has 0 bridgehead atoms. The quantitative estimate of drug-likeness (QED) is 0.768. The highest BCUT2D eigenvalue weighted by atomic mass is 32.2. The third-order valence-electron chi connectivity index (χ3n) is 2.57. The van der Waals surface area contributed by atoms with Crippen molar-refractivity contribution in [1.82, 2.24) is 0 Å². The van der Waals surface area contributed by atoms with Crippen LogP contribution in [0.4, 0.5) is 0 Å². The number of hydrogen-bond donors (Lipinski definition) is 1. The van der Waals surface area contributed by atoms with Crippen LogP contribution in [0.3, 0.4) is 0 Å². The van der Waals surface area contributed by atoms with E-state index < -0.39 is 20.9 Å². The molecule has 0 aliphatic carbocycles. The third-order valence-corrected chi connectivity index (χ3v) is 4.95. The zero-order valence-electron chi connectivity index (χ0n) is 8.25. The number of sulfone groups is 1. The SMILES string of the molecule is C[C@H](O)[C@]1(S(=O)(=O)c2ccccc2)CO1. The van der Waals surface area contributed by atoms with Gasteiger partial charge in [-0.3, -0.25) is 0 Å². The lowest BCUT2D eigenvalue weighted by Crippen LogP contribution is -2.36. The lowest BCUT2D eigenvalue weighted by Gasteiger charge is -2.15. The van der Waals surface area contributed by atoms with Crippen molar-refractivity contribution in [3.63, 3.8) is 0 Å². The summed E-state index contributed by atoms with van der Waals surface area (Å²) < 4.78 is 29.1. The minimum absolute atomic E-state index is 0.0574. The first-order valence-corrected chi connectivity index (χ1v) is 6.11. The van der Waals surface area contributed by atoms with E-state index in [2.05, 4.69) is 0 Å². The Kier molecular flexibility index (Phi) is 2.33. The second-order valence-electron chi connectivity index (χ2n) is 3.59. The van der Waals surface area contributed by atoms with Gasteiger partial charge in [0.1, 0.15) is 0 Å². The van der Waals surface area contributed by atoms with Gasteiger partial charge in [-0.05, 0) is 19.1 Å². The standard InChI is InChI=1S/C10H12O4S/c1-8(11)10(7-14-10)15(12,13)9-5-3-2-4-6-9/h2-6,8,11H,7H2,1H3/t8-,10+/m0/s1. The molecule has 2 atom stereocenters. The Bertz CT molecular complexity index is 446. The fourth-order valence-corrected chi connectivity index (χ4v) is 3.22. The van der Waals surface area contributed by atoms with Gasteiger partial charge in [0.25, 0.3) is 0 Å². The first-order valence-electron chi connectivity index (χ1n) is 4.62. The van der Waals surface area contributed by atoms with Crippen LogP contribution in [-0.2, 0) is 14.6 Å². The number of benzene rings is 1. The van der Waals surface area contributed by atoms with Crippen LogP contribution in [0.2, 0.25) is 0 Å². The second kappa shape index (κ2) is 3.30. The Morgan fingerprint density at radius 3 is 2.33 bits per heavy atom. The molecule has 15 heavy (non-hydrogen) atoms. The van der Waals surface area contributed by atoms with Gasteiger partial charge in [0, 0.05) is 0 Å². The highest BCUT2D eigenvalue weighted by Crippen LogP contribution is 2.40. The summed E-state index contributed by atoms with van der Waals surface area (Å²) in [5.41, 5.74) is 0. The molecule has 0 unspecified atom stereocenters. The molecule has 5 heteroatoms. The molecule has 1 fully saturated rings. The van der Waals surface area contributed by atoms with Gasteiger partial charge in [-0.15, -0.1) is 0 Å². The topological polar surface area (TPSA) is 66.9 Å². The zero-order valence-corrected chi connectivity index (χ0v) is 9.07. The van der Waals surface area contributed by atoms with E-state index in [4.69, 9.17) is 4.74 Å². The van der Waals surface area contributed by atoms with Crippen molar-refractivity contribution in [2.45, 2.75) is 22.9 Å². The molecule has 1 N–H and O–H groups in total. The van der Waals surface area contributed by atoms with Gasteiger partial charge < -0.3 is 9.84 Å². The fraction of sp³-hybridized carbons (Fsp3) is 0.400. The largest absolute Gasteiger partial charge is 0.389 e. The fourth-order valence-electron chi connectivity index (χ4n) is 1.49. The molecule has 1 aliphatic rings. The summed E-state index contributed by atoms with van der Waals surface area (Å²) in [6.45, 7) is 1.48. The first kappa shape index (κ1) is 10.6. The maximum Gasteiger partial charge on any atom is 0.222 e.